The fraction of sp³-hybridized carbons (Fsp3) is 0.438. The summed E-state index contributed by atoms with van der Waals surface area (Å²) >= 11 is 5.07. The fourth-order valence-electron chi connectivity index (χ4n) is 2.48. The summed E-state index contributed by atoms with van der Waals surface area (Å²) in [5, 5.41) is 9.70. The summed E-state index contributed by atoms with van der Waals surface area (Å²) in [5.41, 5.74) is 0.140. The first-order valence-corrected chi connectivity index (χ1v) is 8.09. The first-order valence-electron chi connectivity index (χ1n) is 7.68. The Morgan fingerprint density at radius 2 is 2.08 bits per heavy atom. The minimum atomic E-state index is -0.721. The van der Waals surface area contributed by atoms with Gasteiger partial charge in [0.15, 0.2) is 22.1 Å². The lowest BCUT2D eigenvalue weighted by molar-refractivity contribution is -0.125. The summed E-state index contributed by atoms with van der Waals surface area (Å²) in [6.07, 6.45) is 0. The molecule has 0 aliphatic carbocycles. The van der Waals surface area contributed by atoms with Gasteiger partial charge < -0.3 is 19.4 Å². The molecule has 7 nitrogen and oxygen atoms in total. The van der Waals surface area contributed by atoms with Crippen molar-refractivity contribution in [1.82, 2.24) is 20.1 Å². The lowest BCUT2D eigenvalue weighted by Gasteiger charge is -2.26. The second-order valence-corrected chi connectivity index (χ2v) is 6.56. The van der Waals surface area contributed by atoms with Crippen LogP contribution in [0.4, 0.5) is 0 Å². The first-order chi connectivity index (χ1) is 11.4. The van der Waals surface area contributed by atoms with Crippen LogP contribution >= 0.6 is 12.2 Å². The third-order valence-corrected chi connectivity index (χ3v) is 4.58. The van der Waals surface area contributed by atoms with Gasteiger partial charge in [-0.2, -0.15) is 5.10 Å². The summed E-state index contributed by atoms with van der Waals surface area (Å²) in [6, 6.07) is 5.60. The van der Waals surface area contributed by atoms with Crippen molar-refractivity contribution in [2.75, 3.05) is 13.2 Å². The summed E-state index contributed by atoms with van der Waals surface area (Å²) in [7, 11) is 1.80. The van der Waals surface area contributed by atoms with E-state index in [0.29, 0.717) is 41.9 Å². The van der Waals surface area contributed by atoms with E-state index in [0.717, 1.165) is 5.56 Å². The molecule has 0 fully saturated rings. The highest BCUT2D eigenvalue weighted by atomic mass is 32.1. The SMILES string of the molecule is Cn1c(CNC(=O)C(C)(C)c2ccc3c(c2)OCCO3)n[nH]c1=S. The van der Waals surface area contributed by atoms with E-state index >= 15 is 0 Å². The number of carbonyl (C=O) groups is 1. The summed E-state index contributed by atoms with van der Waals surface area (Å²) in [4.78, 5) is 12.7. The molecule has 0 spiro atoms. The molecule has 128 valence electrons. The van der Waals surface area contributed by atoms with E-state index in [1.807, 2.05) is 32.0 Å². The number of amides is 1. The molecule has 2 heterocycles. The molecule has 0 bridgehead atoms. The van der Waals surface area contributed by atoms with E-state index in [9.17, 15) is 4.79 Å². The van der Waals surface area contributed by atoms with Crippen molar-refractivity contribution in [3.05, 3.63) is 34.4 Å². The molecule has 3 rings (SSSR count). The Morgan fingerprint density at radius 3 is 2.75 bits per heavy atom. The molecule has 0 atom stereocenters. The lowest BCUT2D eigenvalue weighted by Crippen LogP contribution is -2.40. The summed E-state index contributed by atoms with van der Waals surface area (Å²) in [6.45, 7) is 5.11. The van der Waals surface area contributed by atoms with Crippen LogP contribution in [0, 0.1) is 4.77 Å². The predicted molar refractivity (Wildman–Crippen MR) is 90.7 cm³/mol. The van der Waals surface area contributed by atoms with Crippen molar-refractivity contribution in [2.24, 2.45) is 7.05 Å². The van der Waals surface area contributed by atoms with Crippen LogP contribution < -0.4 is 14.8 Å². The van der Waals surface area contributed by atoms with E-state index in [1.165, 1.54) is 0 Å². The van der Waals surface area contributed by atoms with Crippen LogP contribution in [0.5, 0.6) is 11.5 Å². The second-order valence-electron chi connectivity index (χ2n) is 6.17. The van der Waals surface area contributed by atoms with Crippen molar-refractivity contribution in [1.29, 1.82) is 0 Å². The van der Waals surface area contributed by atoms with Crippen LogP contribution in [0.15, 0.2) is 18.2 Å². The van der Waals surface area contributed by atoms with Gasteiger partial charge >= 0.3 is 0 Å². The maximum atomic E-state index is 12.7. The number of hydrogen-bond donors (Lipinski definition) is 2. The van der Waals surface area contributed by atoms with Crippen LogP contribution in [0.2, 0.25) is 0 Å². The zero-order valence-electron chi connectivity index (χ0n) is 13.9. The van der Waals surface area contributed by atoms with Gasteiger partial charge in [-0.3, -0.25) is 9.89 Å². The van der Waals surface area contributed by atoms with E-state index in [2.05, 4.69) is 15.5 Å². The van der Waals surface area contributed by atoms with Gasteiger partial charge in [0.25, 0.3) is 0 Å². The van der Waals surface area contributed by atoms with E-state index in [-0.39, 0.29) is 5.91 Å². The first kappa shape index (κ1) is 16.5. The summed E-state index contributed by atoms with van der Waals surface area (Å²) in [5.74, 6) is 1.95. The molecule has 1 aliphatic rings. The average molecular weight is 348 g/mol. The van der Waals surface area contributed by atoms with Crippen molar-refractivity contribution in [3.63, 3.8) is 0 Å². The van der Waals surface area contributed by atoms with Gasteiger partial charge in [-0.15, -0.1) is 0 Å². The molecule has 24 heavy (non-hydrogen) atoms. The monoisotopic (exact) mass is 348 g/mol. The Labute approximate surface area is 145 Å². The van der Waals surface area contributed by atoms with Gasteiger partial charge in [-0.05, 0) is 43.8 Å². The molecule has 1 amide bonds. The minimum Gasteiger partial charge on any atom is -0.486 e. The van der Waals surface area contributed by atoms with Crippen LogP contribution in [-0.2, 0) is 23.8 Å². The highest BCUT2D eigenvalue weighted by Gasteiger charge is 2.31. The molecular formula is C16H20N4O3S. The molecule has 1 aromatic carbocycles. The van der Waals surface area contributed by atoms with Crippen molar-refractivity contribution >= 4 is 18.1 Å². The average Bonchev–Trinajstić information content (AvgIpc) is 2.91. The van der Waals surface area contributed by atoms with Gasteiger partial charge in [0.1, 0.15) is 13.2 Å². The van der Waals surface area contributed by atoms with Crippen LogP contribution in [0.1, 0.15) is 25.2 Å². The number of benzene rings is 1. The normalized spacial score (nSPS) is 13.6. The molecule has 2 aromatic rings. The van der Waals surface area contributed by atoms with Crippen LogP contribution in [-0.4, -0.2) is 33.9 Å². The van der Waals surface area contributed by atoms with E-state index < -0.39 is 5.41 Å². The Hall–Kier alpha value is -2.35. The van der Waals surface area contributed by atoms with Gasteiger partial charge in [-0.25, -0.2) is 0 Å². The van der Waals surface area contributed by atoms with Crippen LogP contribution in [0.25, 0.3) is 0 Å². The number of nitrogens with zero attached hydrogens (tertiary/aromatic N) is 2. The smallest absolute Gasteiger partial charge is 0.230 e. The molecule has 0 unspecified atom stereocenters. The van der Waals surface area contributed by atoms with E-state index in [1.54, 1.807) is 11.6 Å². The van der Waals surface area contributed by atoms with Gasteiger partial charge in [-0.1, -0.05) is 6.07 Å². The maximum Gasteiger partial charge on any atom is 0.230 e. The number of carbonyl (C=O) groups excluding carboxylic acids is 1. The Morgan fingerprint density at radius 1 is 1.38 bits per heavy atom. The molecule has 2 N–H and O–H groups in total. The highest BCUT2D eigenvalue weighted by molar-refractivity contribution is 7.71. The Bertz CT molecular complexity index is 825. The Kier molecular flexibility index (Phi) is 4.31. The van der Waals surface area contributed by atoms with E-state index in [4.69, 9.17) is 21.7 Å². The number of hydrogen-bond acceptors (Lipinski definition) is 5. The highest BCUT2D eigenvalue weighted by Crippen LogP contribution is 2.35. The number of H-pyrrole nitrogens is 1. The predicted octanol–water partition coefficient (Wildman–Crippen LogP) is 1.84. The number of aromatic amines is 1. The van der Waals surface area contributed by atoms with Gasteiger partial charge in [0, 0.05) is 7.05 Å². The number of aromatic nitrogens is 3. The Balaban J connectivity index is 1.75. The third-order valence-electron chi connectivity index (χ3n) is 4.21. The number of fused-ring (bicyclic) bond motifs is 1. The number of nitrogens with one attached hydrogen (secondary N) is 2. The quantitative estimate of drug-likeness (QED) is 0.824. The molecule has 0 saturated heterocycles. The molecule has 1 aromatic heterocycles. The number of ether oxygens (including phenoxy) is 2. The van der Waals surface area contributed by atoms with Crippen molar-refractivity contribution in [3.8, 4) is 11.5 Å². The van der Waals surface area contributed by atoms with Crippen molar-refractivity contribution in [2.45, 2.75) is 25.8 Å². The molecule has 8 heteroatoms. The minimum absolute atomic E-state index is 0.104. The van der Waals surface area contributed by atoms with Crippen molar-refractivity contribution < 1.29 is 14.3 Å². The largest absolute Gasteiger partial charge is 0.486 e. The fourth-order valence-corrected chi connectivity index (χ4v) is 2.63. The molecular weight excluding hydrogens is 328 g/mol. The standard InChI is InChI=1S/C16H20N4O3S/c1-16(2,10-4-5-11-12(8-10)23-7-6-22-11)14(21)17-9-13-18-19-15(24)20(13)3/h4-5,8H,6-7,9H2,1-3H3,(H,17,21)(H,19,24). The molecule has 0 saturated carbocycles. The molecule has 0 radical (unpaired) electrons. The molecule has 1 aliphatic heterocycles. The third kappa shape index (κ3) is 3.01. The zero-order chi connectivity index (χ0) is 17.3. The zero-order valence-corrected chi connectivity index (χ0v) is 14.7. The number of rotatable bonds is 4. The van der Waals surface area contributed by atoms with Crippen LogP contribution in [0.3, 0.4) is 0 Å². The maximum absolute atomic E-state index is 12.7. The lowest BCUT2D eigenvalue weighted by atomic mass is 9.83. The second kappa shape index (κ2) is 6.27. The topological polar surface area (TPSA) is 81.2 Å². The van der Waals surface area contributed by atoms with Gasteiger partial charge in [0.2, 0.25) is 5.91 Å². The van der Waals surface area contributed by atoms with Gasteiger partial charge in [0.05, 0.1) is 12.0 Å². The summed E-state index contributed by atoms with van der Waals surface area (Å²) < 4.78 is 13.4.